The van der Waals surface area contributed by atoms with Crippen molar-refractivity contribution in [1.29, 1.82) is 0 Å². The molecule has 0 unspecified atom stereocenters. The first-order valence-corrected chi connectivity index (χ1v) is 5.83. The van der Waals surface area contributed by atoms with Crippen LogP contribution < -0.4 is 0 Å². The second kappa shape index (κ2) is 6.75. The molecule has 0 fully saturated rings. The second-order valence-electron chi connectivity index (χ2n) is 3.88. The van der Waals surface area contributed by atoms with Crippen LogP contribution in [0.3, 0.4) is 0 Å². The van der Waals surface area contributed by atoms with Gasteiger partial charge in [0.2, 0.25) is 0 Å². The molecule has 7 nitrogen and oxygen atoms in total. The van der Waals surface area contributed by atoms with E-state index in [-0.39, 0.29) is 30.6 Å². The fourth-order valence-corrected chi connectivity index (χ4v) is 1.57. The van der Waals surface area contributed by atoms with Crippen LogP contribution >= 0.6 is 0 Å². The van der Waals surface area contributed by atoms with E-state index in [1.807, 2.05) is 6.92 Å². The summed E-state index contributed by atoms with van der Waals surface area (Å²) in [4.78, 5) is 25.9. The van der Waals surface area contributed by atoms with Crippen LogP contribution in [0.5, 0.6) is 0 Å². The van der Waals surface area contributed by atoms with Gasteiger partial charge >= 0.3 is 5.82 Å². The van der Waals surface area contributed by atoms with Crippen molar-refractivity contribution in [3.8, 4) is 0 Å². The van der Waals surface area contributed by atoms with E-state index in [1.54, 1.807) is 0 Å². The van der Waals surface area contributed by atoms with Crippen molar-refractivity contribution >= 4 is 11.7 Å². The number of carbonyl (C=O) groups excluding carboxylic acids is 1. The fraction of sp³-hybridized carbons (Fsp3) is 0.545. The average molecular weight is 255 g/mol. The molecular formula is C11H17N3O4. The lowest BCUT2D eigenvalue weighted by atomic mass is 10.3. The summed E-state index contributed by atoms with van der Waals surface area (Å²) in [6.07, 6.45) is 1.76. The Morgan fingerprint density at radius 2 is 2.22 bits per heavy atom. The Morgan fingerprint density at radius 1 is 1.50 bits per heavy atom. The number of rotatable bonds is 7. The predicted molar refractivity (Wildman–Crippen MR) is 65.3 cm³/mol. The first kappa shape index (κ1) is 14.2. The molecule has 0 aliphatic heterocycles. The monoisotopic (exact) mass is 255 g/mol. The Balaban J connectivity index is 2.77. The topological polar surface area (TPSA) is 99.5 Å². The molecule has 0 aliphatic rings. The lowest BCUT2D eigenvalue weighted by Gasteiger charge is -2.19. The number of unbranched alkanes of at least 4 members (excludes halogenated alkanes) is 1. The Hall–Kier alpha value is -1.89. The molecule has 18 heavy (non-hydrogen) atoms. The maximum absolute atomic E-state index is 12.0. The van der Waals surface area contributed by atoms with Gasteiger partial charge in [-0.3, -0.25) is 4.79 Å². The van der Waals surface area contributed by atoms with Crippen LogP contribution in [0.4, 0.5) is 5.82 Å². The molecule has 1 aromatic heterocycles. The van der Waals surface area contributed by atoms with Gasteiger partial charge in [0.05, 0.1) is 6.61 Å². The van der Waals surface area contributed by atoms with Crippen molar-refractivity contribution in [2.45, 2.75) is 19.8 Å². The van der Waals surface area contributed by atoms with Gasteiger partial charge in [0, 0.05) is 19.2 Å². The van der Waals surface area contributed by atoms with Crippen molar-refractivity contribution in [2.75, 3.05) is 19.7 Å². The summed E-state index contributed by atoms with van der Waals surface area (Å²) in [7, 11) is 0. The molecule has 0 atom stereocenters. The number of hydrogen-bond acceptors (Lipinski definition) is 4. The van der Waals surface area contributed by atoms with Crippen LogP contribution in [-0.2, 0) is 0 Å². The highest BCUT2D eigenvalue weighted by molar-refractivity contribution is 5.92. The van der Waals surface area contributed by atoms with Gasteiger partial charge in [0.1, 0.15) is 0 Å². The van der Waals surface area contributed by atoms with Crippen molar-refractivity contribution < 1.29 is 14.8 Å². The molecule has 0 radical (unpaired) electrons. The highest BCUT2D eigenvalue weighted by Crippen LogP contribution is 2.12. The van der Waals surface area contributed by atoms with Gasteiger partial charge in [-0.15, -0.1) is 0 Å². The highest BCUT2D eigenvalue weighted by atomic mass is 16.6. The molecule has 0 aromatic carbocycles. The van der Waals surface area contributed by atoms with Crippen molar-refractivity contribution in [3.05, 3.63) is 27.9 Å². The molecule has 2 N–H and O–H groups in total. The average Bonchev–Trinajstić information content (AvgIpc) is 2.83. The zero-order valence-corrected chi connectivity index (χ0v) is 10.3. The second-order valence-corrected chi connectivity index (χ2v) is 3.88. The van der Waals surface area contributed by atoms with E-state index in [9.17, 15) is 14.9 Å². The van der Waals surface area contributed by atoms with E-state index in [1.165, 1.54) is 17.0 Å². The van der Waals surface area contributed by atoms with Crippen LogP contribution in [0, 0.1) is 10.1 Å². The molecule has 1 amide bonds. The van der Waals surface area contributed by atoms with Gasteiger partial charge in [-0.1, -0.05) is 13.3 Å². The quantitative estimate of drug-likeness (QED) is 0.564. The van der Waals surface area contributed by atoms with E-state index in [4.69, 9.17) is 5.11 Å². The Morgan fingerprint density at radius 3 is 2.72 bits per heavy atom. The smallest absolute Gasteiger partial charge is 0.321 e. The summed E-state index contributed by atoms with van der Waals surface area (Å²) >= 11 is 0. The third-order valence-electron chi connectivity index (χ3n) is 2.54. The van der Waals surface area contributed by atoms with E-state index < -0.39 is 4.92 Å². The number of aliphatic hydroxyl groups is 1. The van der Waals surface area contributed by atoms with Crippen LogP contribution in [0.15, 0.2) is 12.1 Å². The standard InChI is InChI=1S/C11H17N3O4/c1-2-3-6-13(7-8-15)11(16)9-4-5-10(12-9)14(17)18/h4-5,12,15H,2-3,6-8H2,1H3. The van der Waals surface area contributed by atoms with Gasteiger partial charge in [-0.25, -0.2) is 4.98 Å². The van der Waals surface area contributed by atoms with Crippen molar-refractivity contribution in [2.24, 2.45) is 0 Å². The van der Waals surface area contributed by atoms with E-state index in [0.717, 1.165) is 12.8 Å². The molecule has 0 aliphatic carbocycles. The molecule has 0 saturated carbocycles. The number of carbonyl (C=O) groups is 1. The largest absolute Gasteiger partial charge is 0.395 e. The molecule has 1 aromatic rings. The molecule has 0 saturated heterocycles. The predicted octanol–water partition coefficient (Wildman–Crippen LogP) is 1.16. The molecular weight excluding hydrogens is 238 g/mol. The number of nitrogens with zero attached hydrogens (tertiary/aromatic N) is 2. The normalized spacial score (nSPS) is 10.3. The number of aliphatic hydroxyl groups excluding tert-OH is 1. The zero-order valence-electron chi connectivity index (χ0n) is 10.3. The third-order valence-corrected chi connectivity index (χ3v) is 2.54. The Bertz CT molecular complexity index is 416. The number of amides is 1. The first-order chi connectivity index (χ1) is 8.60. The molecule has 7 heteroatoms. The van der Waals surface area contributed by atoms with Crippen molar-refractivity contribution in [3.63, 3.8) is 0 Å². The fourth-order valence-electron chi connectivity index (χ4n) is 1.57. The number of aromatic amines is 1. The zero-order chi connectivity index (χ0) is 13.5. The molecule has 0 spiro atoms. The Kier molecular flexibility index (Phi) is 5.31. The number of H-pyrrole nitrogens is 1. The number of nitro groups is 1. The van der Waals surface area contributed by atoms with E-state index >= 15 is 0 Å². The van der Waals surface area contributed by atoms with Gasteiger partial charge in [0.25, 0.3) is 5.91 Å². The van der Waals surface area contributed by atoms with Gasteiger partial charge in [-0.2, -0.15) is 0 Å². The lowest BCUT2D eigenvalue weighted by Crippen LogP contribution is -2.34. The minimum absolute atomic E-state index is 0.127. The van der Waals surface area contributed by atoms with Crippen LogP contribution in [0.1, 0.15) is 30.3 Å². The van der Waals surface area contributed by atoms with Gasteiger partial charge in [0.15, 0.2) is 5.69 Å². The number of aromatic nitrogens is 1. The minimum atomic E-state index is -0.584. The lowest BCUT2D eigenvalue weighted by molar-refractivity contribution is -0.389. The summed E-state index contributed by atoms with van der Waals surface area (Å²) in [5.74, 6) is -0.539. The summed E-state index contributed by atoms with van der Waals surface area (Å²) in [5, 5.41) is 19.4. The maximum Gasteiger partial charge on any atom is 0.321 e. The van der Waals surface area contributed by atoms with Crippen LogP contribution in [0.2, 0.25) is 0 Å². The molecule has 1 heterocycles. The summed E-state index contributed by atoms with van der Waals surface area (Å²) in [6, 6.07) is 2.64. The maximum atomic E-state index is 12.0. The molecule has 1 rings (SSSR count). The van der Waals surface area contributed by atoms with Crippen LogP contribution in [0.25, 0.3) is 0 Å². The SMILES string of the molecule is CCCCN(CCO)C(=O)c1ccc([N+](=O)[O-])[nH]1. The van der Waals surface area contributed by atoms with E-state index in [2.05, 4.69) is 4.98 Å². The summed E-state index contributed by atoms with van der Waals surface area (Å²) in [5.41, 5.74) is 0.172. The van der Waals surface area contributed by atoms with Gasteiger partial charge < -0.3 is 20.1 Å². The van der Waals surface area contributed by atoms with Gasteiger partial charge in [-0.05, 0) is 17.4 Å². The highest BCUT2D eigenvalue weighted by Gasteiger charge is 2.20. The molecule has 100 valence electrons. The Labute approximate surface area is 105 Å². The first-order valence-electron chi connectivity index (χ1n) is 5.83. The minimum Gasteiger partial charge on any atom is -0.395 e. The number of nitrogens with one attached hydrogen (secondary N) is 1. The van der Waals surface area contributed by atoms with Crippen LogP contribution in [-0.4, -0.2) is 45.5 Å². The number of hydrogen-bond donors (Lipinski definition) is 2. The van der Waals surface area contributed by atoms with E-state index in [0.29, 0.717) is 6.54 Å². The summed E-state index contributed by atoms with van der Waals surface area (Å²) < 4.78 is 0. The molecule has 0 bridgehead atoms. The van der Waals surface area contributed by atoms with Crippen molar-refractivity contribution in [1.82, 2.24) is 9.88 Å². The third kappa shape index (κ3) is 3.56. The summed E-state index contributed by atoms with van der Waals surface area (Å²) in [6.45, 7) is 2.63.